The largest absolute Gasteiger partial charge is 0.458 e. The highest BCUT2D eigenvalue weighted by Gasteiger charge is 2.54. The summed E-state index contributed by atoms with van der Waals surface area (Å²) in [5.74, 6) is 0.517. The molecule has 0 amide bonds. The summed E-state index contributed by atoms with van der Waals surface area (Å²) >= 11 is 0. The first-order valence-electron chi connectivity index (χ1n) is 6.59. The molecular weight excluding hydrogens is 212 g/mol. The Hall–Kier alpha value is -1.05. The van der Waals surface area contributed by atoms with Gasteiger partial charge in [-0.1, -0.05) is 25.2 Å². The number of esters is 1. The minimum Gasteiger partial charge on any atom is -0.458 e. The molecule has 3 aliphatic rings. The van der Waals surface area contributed by atoms with Gasteiger partial charge in [-0.25, -0.2) is 4.79 Å². The Morgan fingerprint density at radius 2 is 2.24 bits per heavy atom. The van der Waals surface area contributed by atoms with Gasteiger partial charge in [-0.15, -0.1) is 0 Å². The van der Waals surface area contributed by atoms with Gasteiger partial charge in [-0.3, -0.25) is 0 Å². The molecule has 1 heterocycles. The first-order valence-corrected chi connectivity index (χ1v) is 6.59. The van der Waals surface area contributed by atoms with Crippen molar-refractivity contribution in [2.24, 2.45) is 17.3 Å². The molecule has 0 N–H and O–H groups in total. The number of rotatable bonds is 0. The van der Waals surface area contributed by atoms with Crippen LogP contribution in [-0.2, 0) is 9.53 Å². The Morgan fingerprint density at radius 1 is 1.47 bits per heavy atom. The molecule has 0 aromatic carbocycles. The van der Waals surface area contributed by atoms with E-state index in [9.17, 15) is 4.79 Å². The van der Waals surface area contributed by atoms with Crippen LogP contribution in [0.2, 0.25) is 0 Å². The monoisotopic (exact) mass is 232 g/mol. The van der Waals surface area contributed by atoms with Crippen LogP contribution in [0.3, 0.4) is 0 Å². The zero-order valence-corrected chi connectivity index (χ0v) is 10.7. The van der Waals surface area contributed by atoms with Gasteiger partial charge >= 0.3 is 5.97 Å². The van der Waals surface area contributed by atoms with Gasteiger partial charge in [0.05, 0.1) is 0 Å². The van der Waals surface area contributed by atoms with E-state index in [0.29, 0.717) is 16.9 Å². The average Bonchev–Trinajstić information content (AvgIpc) is 2.54. The highest BCUT2D eigenvalue weighted by atomic mass is 16.6. The van der Waals surface area contributed by atoms with Crippen LogP contribution in [-0.4, -0.2) is 12.1 Å². The molecule has 2 aliphatic carbocycles. The number of ether oxygens (including phenoxy) is 1. The normalized spacial score (nSPS) is 44.8. The first-order chi connectivity index (χ1) is 8.03. The Balaban J connectivity index is 2.00. The van der Waals surface area contributed by atoms with E-state index in [1.807, 2.05) is 0 Å². The molecule has 2 heteroatoms. The van der Waals surface area contributed by atoms with Crippen LogP contribution in [0.5, 0.6) is 0 Å². The van der Waals surface area contributed by atoms with Crippen molar-refractivity contribution in [2.45, 2.75) is 45.6 Å². The summed E-state index contributed by atoms with van der Waals surface area (Å²) < 4.78 is 5.60. The quantitative estimate of drug-likeness (QED) is 0.364. The van der Waals surface area contributed by atoms with Crippen molar-refractivity contribution in [3.05, 3.63) is 23.8 Å². The number of allylic oxidation sites excluding steroid dienone is 1. The van der Waals surface area contributed by atoms with Crippen molar-refractivity contribution < 1.29 is 9.53 Å². The molecule has 17 heavy (non-hydrogen) atoms. The van der Waals surface area contributed by atoms with E-state index in [4.69, 9.17) is 4.74 Å². The first kappa shape index (κ1) is 11.1. The van der Waals surface area contributed by atoms with Crippen LogP contribution >= 0.6 is 0 Å². The lowest BCUT2D eigenvalue weighted by Crippen LogP contribution is -2.45. The smallest absolute Gasteiger partial charge is 0.334 e. The van der Waals surface area contributed by atoms with Gasteiger partial charge in [0.1, 0.15) is 6.10 Å². The lowest BCUT2D eigenvalue weighted by Gasteiger charge is -2.49. The molecule has 2 fully saturated rings. The van der Waals surface area contributed by atoms with E-state index in [1.165, 1.54) is 24.8 Å². The molecule has 0 aromatic rings. The van der Waals surface area contributed by atoms with Gasteiger partial charge < -0.3 is 4.74 Å². The molecule has 0 aromatic heterocycles. The lowest BCUT2D eigenvalue weighted by atomic mass is 9.56. The molecule has 4 atom stereocenters. The molecule has 0 unspecified atom stereocenters. The van der Waals surface area contributed by atoms with E-state index < -0.39 is 0 Å². The Kier molecular flexibility index (Phi) is 2.26. The zero-order valence-electron chi connectivity index (χ0n) is 10.7. The number of carbonyl (C=O) groups is 1. The van der Waals surface area contributed by atoms with E-state index in [2.05, 4.69) is 26.5 Å². The van der Waals surface area contributed by atoms with E-state index in [-0.39, 0.29) is 18.0 Å². The summed E-state index contributed by atoms with van der Waals surface area (Å²) in [7, 11) is 0. The second-order valence-electron chi connectivity index (χ2n) is 6.16. The number of hydrogen-bond acceptors (Lipinski definition) is 2. The van der Waals surface area contributed by atoms with Crippen molar-refractivity contribution in [1.82, 2.24) is 0 Å². The fourth-order valence-electron chi connectivity index (χ4n) is 4.15. The summed E-state index contributed by atoms with van der Waals surface area (Å²) in [5.41, 5.74) is 2.44. The lowest BCUT2D eigenvalue weighted by molar-refractivity contribution is -0.144. The predicted octanol–water partition coefficient (Wildman–Crippen LogP) is 3.24. The molecule has 0 spiro atoms. The van der Waals surface area contributed by atoms with Crippen LogP contribution < -0.4 is 0 Å². The Labute approximate surface area is 103 Å². The summed E-state index contributed by atoms with van der Waals surface area (Å²) in [4.78, 5) is 11.7. The third kappa shape index (κ3) is 1.42. The highest BCUT2D eigenvalue weighted by molar-refractivity contribution is 5.91. The molecule has 0 bridgehead atoms. The van der Waals surface area contributed by atoms with Crippen molar-refractivity contribution >= 4 is 5.97 Å². The van der Waals surface area contributed by atoms with Gasteiger partial charge in [0.15, 0.2) is 0 Å². The van der Waals surface area contributed by atoms with Crippen LogP contribution in [0.15, 0.2) is 23.8 Å². The van der Waals surface area contributed by atoms with E-state index >= 15 is 0 Å². The third-order valence-corrected chi connectivity index (χ3v) is 5.13. The number of carbonyl (C=O) groups excluding carboxylic acids is 1. The fraction of sp³-hybridized carbons (Fsp3) is 0.667. The average molecular weight is 232 g/mol. The van der Waals surface area contributed by atoms with Gasteiger partial charge in [0.25, 0.3) is 0 Å². The molecular formula is C15H20O2. The molecule has 1 saturated heterocycles. The van der Waals surface area contributed by atoms with Gasteiger partial charge in [-0.05, 0) is 38.0 Å². The molecule has 2 nitrogen and oxygen atoms in total. The number of fused-ring (bicyclic) bond motifs is 3. The molecule has 92 valence electrons. The van der Waals surface area contributed by atoms with Crippen LogP contribution in [0.4, 0.5) is 0 Å². The summed E-state index contributed by atoms with van der Waals surface area (Å²) in [6.07, 6.45) is 7.04. The maximum atomic E-state index is 11.7. The minimum absolute atomic E-state index is 0.0605. The van der Waals surface area contributed by atoms with E-state index in [0.717, 1.165) is 6.42 Å². The maximum absolute atomic E-state index is 11.7. The van der Waals surface area contributed by atoms with Gasteiger partial charge in [0.2, 0.25) is 0 Å². The second-order valence-corrected chi connectivity index (χ2v) is 6.16. The van der Waals surface area contributed by atoms with Gasteiger partial charge in [-0.2, -0.15) is 0 Å². The Morgan fingerprint density at radius 3 is 3.00 bits per heavy atom. The molecule has 1 saturated carbocycles. The fourth-order valence-corrected chi connectivity index (χ4v) is 4.15. The van der Waals surface area contributed by atoms with E-state index in [1.54, 1.807) is 0 Å². The maximum Gasteiger partial charge on any atom is 0.334 e. The topological polar surface area (TPSA) is 26.3 Å². The summed E-state index contributed by atoms with van der Waals surface area (Å²) in [5, 5.41) is 0. The number of hydrogen-bond donors (Lipinski definition) is 0. The highest BCUT2D eigenvalue weighted by Crippen LogP contribution is 2.55. The van der Waals surface area contributed by atoms with Crippen LogP contribution in [0.1, 0.15) is 39.5 Å². The standard InChI is InChI=1S/C15H20O2/c1-9-5-4-7-15(3)8-6-11-10(2)14(16)17-13(11)12(9)15/h5,11-13H,2,4,6-8H2,1,3H3/t11-,12+,13-,15-/m1/s1. The molecule has 3 rings (SSSR count). The van der Waals surface area contributed by atoms with Crippen molar-refractivity contribution in [2.75, 3.05) is 0 Å². The zero-order chi connectivity index (χ0) is 12.2. The van der Waals surface area contributed by atoms with Crippen molar-refractivity contribution in [3.63, 3.8) is 0 Å². The van der Waals surface area contributed by atoms with Gasteiger partial charge in [0, 0.05) is 17.4 Å². The minimum atomic E-state index is -0.164. The van der Waals surface area contributed by atoms with Crippen LogP contribution in [0.25, 0.3) is 0 Å². The van der Waals surface area contributed by atoms with Crippen molar-refractivity contribution in [1.29, 1.82) is 0 Å². The van der Waals surface area contributed by atoms with Crippen LogP contribution in [0, 0.1) is 17.3 Å². The summed E-state index contributed by atoms with van der Waals surface area (Å²) in [6.45, 7) is 8.47. The third-order valence-electron chi connectivity index (χ3n) is 5.13. The predicted molar refractivity (Wildman–Crippen MR) is 66.3 cm³/mol. The summed E-state index contributed by atoms with van der Waals surface area (Å²) in [6, 6.07) is 0. The molecule has 0 radical (unpaired) electrons. The SMILES string of the molecule is C=C1C(=O)O[C@@H]2[C@@H]1CC[C@@]1(C)CCC=C(C)[C@@H]21. The molecule has 1 aliphatic heterocycles. The van der Waals surface area contributed by atoms with Crippen molar-refractivity contribution in [3.8, 4) is 0 Å². The second kappa shape index (κ2) is 3.47. The Bertz CT molecular complexity index is 421.